The van der Waals surface area contributed by atoms with Crippen molar-refractivity contribution in [2.24, 2.45) is 0 Å². The van der Waals surface area contributed by atoms with E-state index in [4.69, 9.17) is 0 Å². The molecule has 0 atom stereocenters. The summed E-state index contributed by atoms with van der Waals surface area (Å²) in [5.41, 5.74) is 5.62. The predicted molar refractivity (Wildman–Crippen MR) is 73.0 cm³/mol. The van der Waals surface area contributed by atoms with Gasteiger partial charge in [0, 0.05) is 11.9 Å². The Morgan fingerprint density at radius 2 is 1.44 bits per heavy atom. The maximum atomic E-state index is 4.44. The predicted octanol–water partition coefficient (Wildman–Crippen LogP) is 4.63. The van der Waals surface area contributed by atoms with Gasteiger partial charge in [0.15, 0.2) is 0 Å². The fraction of sp³-hybridized carbons (Fsp3) is 0.667. The highest BCUT2D eigenvalue weighted by Crippen LogP contribution is 2.19. The van der Waals surface area contributed by atoms with Crippen LogP contribution in [0.2, 0.25) is 0 Å². The quantitative estimate of drug-likeness (QED) is 0.722. The van der Waals surface area contributed by atoms with Crippen LogP contribution in [-0.4, -0.2) is 4.98 Å². The largest absolute Gasteiger partial charge is 0.261 e. The van der Waals surface area contributed by atoms with E-state index in [-0.39, 0.29) is 0 Å². The molecule has 0 fully saturated rings. The van der Waals surface area contributed by atoms with Crippen molar-refractivity contribution >= 4 is 0 Å². The van der Waals surface area contributed by atoms with E-state index < -0.39 is 0 Å². The smallest absolute Gasteiger partial charge is 0.0407 e. The van der Waals surface area contributed by atoms with Crippen molar-refractivity contribution < 1.29 is 0 Å². The number of pyridine rings is 1. The summed E-state index contributed by atoms with van der Waals surface area (Å²) in [7, 11) is 0. The standard InChI is InChI=1S/C13H21N.C2H6/c1-5-7-12-10(3)9-14-11(4)13(12)8-6-2;1-2/h9H,5-8H2,1-4H3;1-2H3. The summed E-state index contributed by atoms with van der Waals surface area (Å²) in [6, 6.07) is 0. The number of nitrogens with zero attached hydrogens (tertiary/aromatic N) is 1. The first-order valence-corrected chi connectivity index (χ1v) is 6.64. The second-order valence-electron chi connectivity index (χ2n) is 3.98. The van der Waals surface area contributed by atoms with Gasteiger partial charge in [-0.25, -0.2) is 0 Å². The second-order valence-corrected chi connectivity index (χ2v) is 3.98. The van der Waals surface area contributed by atoms with Gasteiger partial charge in [0.05, 0.1) is 0 Å². The molecule has 1 aromatic rings. The van der Waals surface area contributed by atoms with E-state index in [1.54, 1.807) is 5.56 Å². The molecule has 1 rings (SSSR count). The average Bonchev–Trinajstić information content (AvgIpc) is 2.31. The monoisotopic (exact) mass is 221 g/mol. The van der Waals surface area contributed by atoms with Crippen LogP contribution in [0.5, 0.6) is 0 Å². The molecule has 0 amide bonds. The van der Waals surface area contributed by atoms with Crippen LogP contribution < -0.4 is 0 Å². The summed E-state index contributed by atoms with van der Waals surface area (Å²) in [5.74, 6) is 0. The van der Waals surface area contributed by atoms with Crippen LogP contribution in [0.3, 0.4) is 0 Å². The Hall–Kier alpha value is -0.850. The first-order valence-electron chi connectivity index (χ1n) is 6.64. The lowest BCUT2D eigenvalue weighted by molar-refractivity contribution is 0.833. The number of aromatic nitrogens is 1. The highest BCUT2D eigenvalue weighted by atomic mass is 14.7. The van der Waals surface area contributed by atoms with Crippen LogP contribution >= 0.6 is 0 Å². The van der Waals surface area contributed by atoms with Gasteiger partial charge in [0.1, 0.15) is 0 Å². The fourth-order valence-corrected chi connectivity index (χ4v) is 1.99. The Morgan fingerprint density at radius 3 is 1.94 bits per heavy atom. The minimum absolute atomic E-state index is 1.18. The Bertz CT molecular complexity index is 272. The van der Waals surface area contributed by atoms with Gasteiger partial charge in [-0.1, -0.05) is 40.5 Å². The highest BCUT2D eigenvalue weighted by molar-refractivity contribution is 5.35. The Balaban J connectivity index is 0.00000106. The van der Waals surface area contributed by atoms with Crippen molar-refractivity contribution in [2.75, 3.05) is 0 Å². The van der Waals surface area contributed by atoms with Gasteiger partial charge in [-0.05, 0) is 43.4 Å². The Kier molecular flexibility index (Phi) is 7.88. The van der Waals surface area contributed by atoms with Crippen LogP contribution in [0, 0.1) is 13.8 Å². The summed E-state index contributed by atoms with van der Waals surface area (Å²) in [6.07, 6.45) is 6.82. The van der Waals surface area contributed by atoms with Gasteiger partial charge in [0.25, 0.3) is 0 Å². The number of aryl methyl sites for hydroxylation is 2. The molecule has 0 unspecified atom stereocenters. The van der Waals surface area contributed by atoms with E-state index in [9.17, 15) is 0 Å². The van der Waals surface area contributed by atoms with E-state index in [0.717, 1.165) is 0 Å². The van der Waals surface area contributed by atoms with Crippen LogP contribution in [-0.2, 0) is 12.8 Å². The molecular weight excluding hydrogens is 194 g/mol. The van der Waals surface area contributed by atoms with Crippen LogP contribution in [0.1, 0.15) is 62.9 Å². The number of rotatable bonds is 4. The molecule has 1 aromatic heterocycles. The summed E-state index contributed by atoms with van der Waals surface area (Å²) >= 11 is 0. The van der Waals surface area contributed by atoms with Gasteiger partial charge in [0.2, 0.25) is 0 Å². The van der Waals surface area contributed by atoms with E-state index in [2.05, 4.69) is 32.7 Å². The van der Waals surface area contributed by atoms with Crippen molar-refractivity contribution in [3.05, 3.63) is 28.6 Å². The van der Waals surface area contributed by atoms with Crippen molar-refractivity contribution in [3.63, 3.8) is 0 Å². The highest BCUT2D eigenvalue weighted by Gasteiger charge is 2.08. The van der Waals surface area contributed by atoms with Crippen molar-refractivity contribution in [1.29, 1.82) is 0 Å². The van der Waals surface area contributed by atoms with E-state index in [0.29, 0.717) is 0 Å². The molecule has 0 spiro atoms. The van der Waals surface area contributed by atoms with Gasteiger partial charge >= 0.3 is 0 Å². The molecule has 0 radical (unpaired) electrons. The molecule has 1 heterocycles. The van der Waals surface area contributed by atoms with Gasteiger partial charge < -0.3 is 0 Å². The zero-order valence-corrected chi connectivity index (χ0v) is 11.9. The van der Waals surface area contributed by atoms with Crippen LogP contribution in [0.15, 0.2) is 6.20 Å². The molecular formula is C15H27N. The third-order valence-corrected chi connectivity index (χ3v) is 2.73. The molecule has 0 aromatic carbocycles. The Morgan fingerprint density at radius 1 is 0.938 bits per heavy atom. The number of hydrogen-bond donors (Lipinski definition) is 0. The fourth-order valence-electron chi connectivity index (χ4n) is 1.99. The van der Waals surface area contributed by atoms with E-state index in [1.165, 1.54) is 42.5 Å². The summed E-state index contributed by atoms with van der Waals surface area (Å²) in [6.45, 7) is 12.8. The molecule has 0 saturated heterocycles. The first-order chi connectivity index (χ1) is 7.70. The lowest BCUT2D eigenvalue weighted by Crippen LogP contribution is -2.02. The summed E-state index contributed by atoms with van der Waals surface area (Å²) < 4.78 is 0. The lowest BCUT2D eigenvalue weighted by Gasteiger charge is -2.13. The topological polar surface area (TPSA) is 12.9 Å². The normalized spacial score (nSPS) is 9.62. The van der Waals surface area contributed by atoms with Crippen molar-refractivity contribution in [1.82, 2.24) is 4.98 Å². The molecule has 0 bridgehead atoms. The molecule has 0 aliphatic rings. The molecule has 0 N–H and O–H groups in total. The number of hydrogen-bond acceptors (Lipinski definition) is 1. The minimum Gasteiger partial charge on any atom is -0.261 e. The van der Waals surface area contributed by atoms with Crippen molar-refractivity contribution in [3.8, 4) is 0 Å². The zero-order chi connectivity index (χ0) is 12.6. The lowest BCUT2D eigenvalue weighted by atomic mass is 9.95. The zero-order valence-electron chi connectivity index (χ0n) is 11.9. The van der Waals surface area contributed by atoms with E-state index >= 15 is 0 Å². The summed E-state index contributed by atoms with van der Waals surface area (Å²) in [4.78, 5) is 4.44. The van der Waals surface area contributed by atoms with Crippen molar-refractivity contribution in [2.45, 2.75) is 67.2 Å². The minimum atomic E-state index is 1.18. The molecule has 1 heteroatoms. The summed E-state index contributed by atoms with van der Waals surface area (Å²) in [5, 5.41) is 0. The second kappa shape index (κ2) is 8.32. The van der Waals surface area contributed by atoms with Gasteiger partial charge in [-0.15, -0.1) is 0 Å². The third kappa shape index (κ3) is 3.96. The first kappa shape index (κ1) is 15.2. The third-order valence-electron chi connectivity index (χ3n) is 2.73. The van der Waals surface area contributed by atoms with Crippen LogP contribution in [0.25, 0.3) is 0 Å². The average molecular weight is 221 g/mol. The molecule has 0 saturated carbocycles. The van der Waals surface area contributed by atoms with Gasteiger partial charge in [-0.2, -0.15) is 0 Å². The molecule has 16 heavy (non-hydrogen) atoms. The maximum Gasteiger partial charge on any atom is 0.0407 e. The maximum absolute atomic E-state index is 4.44. The van der Waals surface area contributed by atoms with Gasteiger partial charge in [-0.3, -0.25) is 4.98 Å². The van der Waals surface area contributed by atoms with E-state index in [1.807, 2.05) is 20.0 Å². The van der Waals surface area contributed by atoms with Crippen LogP contribution in [0.4, 0.5) is 0 Å². The SMILES string of the molecule is CC.CCCc1c(C)cnc(C)c1CCC. The molecule has 0 aliphatic carbocycles. The molecule has 0 aliphatic heterocycles. The molecule has 1 nitrogen and oxygen atoms in total. The molecule has 92 valence electrons. The Labute approximate surface area is 101 Å².